The molecule has 0 aliphatic carbocycles. The van der Waals surface area contributed by atoms with Crippen LogP contribution in [-0.2, 0) is 9.84 Å². The van der Waals surface area contributed by atoms with Gasteiger partial charge in [0.2, 0.25) is 0 Å². The fourth-order valence-electron chi connectivity index (χ4n) is 2.61. The first kappa shape index (κ1) is 17.3. The highest BCUT2D eigenvalue weighted by Crippen LogP contribution is 2.35. The zero-order valence-corrected chi connectivity index (χ0v) is 14.6. The molecule has 0 aliphatic heterocycles. The lowest BCUT2D eigenvalue weighted by Crippen LogP contribution is -2.00. The topological polar surface area (TPSA) is 60.2 Å². The van der Waals surface area contributed by atoms with Gasteiger partial charge in [-0.2, -0.15) is 0 Å². The molecule has 0 amide bonds. The van der Waals surface area contributed by atoms with E-state index in [4.69, 9.17) is 4.52 Å². The van der Waals surface area contributed by atoms with Crippen molar-refractivity contribution in [2.75, 3.05) is 6.26 Å². The molecule has 25 heavy (non-hydrogen) atoms. The molecule has 0 N–H and O–H groups in total. The zero-order chi connectivity index (χ0) is 18.4. The third kappa shape index (κ3) is 3.19. The second-order valence-corrected chi connectivity index (χ2v) is 7.83. The van der Waals surface area contributed by atoms with Gasteiger partial charge in [-0.3, -0.25) is 0 Å². The first-order valence-corrected chi connectivity index (χ1v) is 9.30. The number of aryl methyl sites for hydroxylation is 2. The third-order valence-electron chi connectivity index (χ3n) is 3.93. The van der Waals surface area contributed by atoms with Crippen molar-refractivity contribution in [3.05, 3.63) is 59.4 Å². The molecule has 1 aromatic heterocycles. The van der Waals surface area contributed by atoms with Crippen LogP contribution in [0.4, 0.5) is 8.78 Å². The second kappa shape index (κ2) is 6.07. The van der Waals surface area contributed by atoms with Gasteiger partial charge < -0.3 is 4.52 Å². The molecule has 0 unspecified atom stereocenters. The third-order valence-corrected chi connectivity index (χ3v) is 5.06. The molecule has 4 nitrogen and oxygen atoms in total. The number of hydrogen-bond acceptors (Lipinski definition) is 4. The molecular weight excluding hydrogens is 348 g/mol. The van der Waals surface area contributed by atoms with E-state index in [0.29, 0.717) is 33.7 Å². The Bertz CT molecular complexity index is 1070. The van der Waals surface area contributed by atoms with Crippen LogP contribution in [0.2, 0.25) is 0 Å². The van der Waals surface area contributed by atoms with Crippen LogP contribution < -0.4 is 0 Å². The summed E-state index contributed by atoms with van der Waals surface area (Å²) in [6.45, 7) is 3.30. The van der Waals surface area contributed by atoms with Crippen molar-refractivity contribution >= 4 is 9.84 Å². The maximum Gasteiger partial charge on any atom is 0.178 e. The Labute approximate surface area is 144 Å². The Balaban J connectivity index is 2.17. The Morgan fingerprint density at radius 1 is 0.960 bits per heavy atom. The molecule has 2 aromatic carbocycles. The summed E-state index contributed by atoms with van der Waals surface area (Å²) in [5.41, 5.74) is 2.24. The van der Waals surface area contributed by atoms with Gasteiger partial charge in [-0.05, 0) is 43.2 Å². The lowest BCUT2D eigenvalue weighted by atomic mass is 9.98. The van der Waals surface area contributed by atoms with Crippen LogP contribution in [0.1, 0.15) is 11.3 Å². The number of halogens is 2. The van der Waals surface area contributed by atoms with Crippen LogP contribution in [0.3, 0.4) is 0 Å². The summed E-state index contributed by atoms with van der Waals surface area (Å²) < 4.78 is 56.4. The van der Waals surface area contributed by atoms with Crippen LogP contribution in [0.25, 0.3) is 22.4 Å². The molecule has 0 bridgehead atoms. The van der Waals surface area contributed by atoms with Crippen molar-refractivity contribution in [1.82, 2.24) is 5.16 Å². The minimum atomic E-state index is -3.67. The lowest BCUT2D eigenvalue weighted by Gasteiger charge is -2.07. The van der Waals surface area contributed by atoms with E-state index in [9.17, 15) is 17.2 Å². The molecule has 0 aliphatic rings. The van der Waals surface area contributed by atoms with Crippen molar-refractivity contribution in [2.24, 2.45) is 0 Å². The Kier molecular flexibility index (Phi) is 4.20. The molecule has 0 atom stereocenters. The highest BCUT2D eigenvalue weighted by Gasteiger charge is 2.20. The van der Waals surface area contributed by atoms with Gasteiger partial charge in [-0.1, -0.05) is 23.4 Å². The van der Waals surface area contributed by atoms with E-state index in [1.165, 1.54) is 18.2 Å². The summed E-state index contributed by atoms with van der Waals surface area (Å²) in [6.07, 6.45) is 0.941. The average Bonchev–Trinajstić information content (AvgIpc) is 2.90. The number of hydrogen-bond donors (Lipinski definition) is 0. The maximum absolute atomic E-state index is 14.2. The Morgan fingerprint density at radius 3 is 2.20 bits per heavy atom. The molecule has 1 heterocycles. The first-order chi connectivity index (χ1) is 11.7. The van der Waals surface area contributed by atoms with Gasteiger partial charge in [0, 0.05) is 11.8 Å². The van der Waals surface area contributed by atoms with Crippen molar-refractivity contribution in [3.8, 4) is 22.4 Å². The Morgan fingerprint density at radius 2 is 1.60 bits per heavy atom. The van der Waals surface area contributed by atoms with E-state index >= 15 is 0 Å². The summed E-state index contributed by atoms with van der Waals surface area (Å²) in [6, 6.07) is 8.44. The number of rotatable bonds is 3. The van der Waals surface area contributed by atoms with Crippen molar-refractivity contribution in [1.29, 1.82) is 0 Å². The van der Waals surface area contributed by atoms with E-state index in [1.54, 1.807) is 26.0 Å². The van der Waals surface area contributed by atoms with E-state index in [1.807, 2.05) is 0 Å². The van der Waals surface area contributed by atoms with Crippen molar-refractivity contribution < 1.29 is 21.7 Å². The van der Waals surface area contributed by atoms with Gasteiger partial charge in [0.25, 0.3) is 0 Å². The molecule has 0 saturated carbocycles. The minimum Gasteiger partial charge on any atom is -0.360 e. The molecule has 0 spiro atoms. The standard InChI is InChI=1S/C18H15F2NO3S/c1-10-4-5-13(9-14(10)19)18-17(11(2)24-21-18)12-6-7-16(15(20)8-12)25(3,22)23/h4-9H,1-3H3. The van der Waals surface area contributed by atoms with Crippen LogP contribution in [0.5, 0.6) is 0 Å². The maximum atomic E-state index is 14.2. The van der Waals surface area contributed by atoms with Crippen molar-refractivity contribution in [3.63, 3.8) is 0 Å². The van der Waals surface area contributed by atoms with Crippen LogP contribution >= 0.6 is 0 Å². The number of nitrogens with zero attached hydrogens (tertiary/aromatic N) is 1. The minimum absolute atomic E-state index is 0.364. The van der Waals surface area contributed by atoms with Crippen LogP contribution in [0, 0.1) is 25.5 Å². The summed E-state index contributed by atoms with van der Waals surface area (Å²) in [5.74, 6) is -0.827. The first-order valence-electron chi connectivity index (χ1n) is 7.41. The van der Waals surface area contributed by atoms with Gasteiger partial charge >= 0.3 is 0 Å². The summed E-state index contributed by atoms with van der Waals surface area (Å²) in [7, 11) is -3.67. The van der Waals surface area contributed by atoms with Gasteiger partial charge in [-0.25, -0.2) is 17.2 Å². The van der Waals surface area contributed by atoms with Gasteiger partial charge in [0.05, 0.1) is 5.56 Å². The molecule has 0 fully saturated rings. The molecule has 7 heteroatoms. The second-order valence-electron chi connectivity index (χ2n) is 5.84. The summed E-state index contributed by atoms with van der Waals surface area (Å²) in [5, 5.41) is 3.95. The number of benzene rings is 2. The SMILES string of the molecule is Cc1ccc(-c2noc(C)c2-c2ccc(S(C)(=O)=O)c(F)c2)cc1F. The van der Waals surface area contributed by atoms with E-state index < -0.39 is 15.7 Å². The molecule has 3 rings (SSSR count). The van der Waals surface area contributed by atoms with Gasteiger partial charge in [0.1, 0.15) is 28.0 Å². The molecular formula is C18H15F2NO3S. The predicted octanol–water partition coefficient (Wildman–Crippen LogP) is 4.31. The smallest absolute Gasteiger partial charge is 0.178 e. The normalized spacial score (nSPS) is 11.7. The zero-order valence-electron chi connectivity index (χ0n) is 13.8. The monoisotopic (exact) mass is 363 g/mol. The highest BCUT2D eigenvalue weighted by molar-refractivity contribution is 7.90. The summed E-state index contributed by atoms with van der Waals surface area (Å²) >= 11 is 0. The Hall–Kier alpha value is -2.54. The van der Waals surface area contributed by atoms with Crippen molar-refractivity contribution in [2.45, 2.75) is 18.7 Å². The fraction of sp³-hybridized carbons (Fsp3) is 0.167. The quantitative estimate of drug-likeness (QED) is 0.696. The fourth-order valence-corrected chi connectivity index (χ4v) is 3.33. The molecule has 130 valence electrons. The van der Waals surface area contributed by atoms with Gasteiger partial charge in [0.15, 0.2) is 9.84 Å². The van der Waals surface area contributed by atoms with E-state index in [-0.39, 0.29) is 10.7 Å². The average molecular weight is 363 g/mol. The van der Waals surface area contributed by atoms with Crippen LogP contribution in [-0.4, -0.2) is 19.8 Å². The number of sulfone groups is 1. The van der Waals surface area contributed by atoms with Gasteiger partial charge in [-0.15, -0.1) is 0 Å². The molecule has 0 radical (unpaired) electrons. The number of aromatic nitrogens is 1. The van der Waals surface area contributed by atoms with Crippen LogP contribution in [0.15, 0.2) is 45.8 Å². The predicted molar refractivity (Wildman–Crippen MR) is 89.9 cm³/mol. The molecule has 0 saturated heterocycles. The summed E-state index contributed by atoms with van der Waals surface area (Å²) in [4.78, 5) is -0.381. The van der Waals surface area contributed by atoms with E-state index in [2.05, 4.69) is 5.16 Å². The largest absolute Gasteiger partial charge is 0.360 e. The van der Waals surface area contributed by atoms with E-state index in [0.717, 1.165) is 12.3 Å². The molecule has 3 aromatic rings. The lowest BCUT2D eigenvalue weighted by molar-refractivity contribution is 0.400. The highest BCUT2D eigenvalue weighted by atomic mass is 32.2.